The van der Waals surface area contributed by atoms with Gasteiger partial charge in [-0.1, -0.05) is 0 Å². The number of ether oxygens (including phenoxy) is 3. The molecule has 2 aliphatic rings. The third kappa shape index (κ3) is 6.39. The van der Waals surface area contributed by atoms with Crippen LogP contribution in [0.25, 0.3) is 0 Å². The second kappa shape index (κ2) is 12.7. The maximum absolute atomic E-state index is 14.1. The fraction of sp³-hybridized carbons (Fsp3) is 0.700. The van der Waals surface area contributed by atoms with Crippen molar-refractivity contribution in [3.63, 3.8) is 0 Å². The first-order valence-electron chi connectivity index (χ1n) is 14.2. The van der Waals surface area contributed by atoms with Crippen LogP contribution in [-0.4, -0.2) is 60.3 Å². The SMILES string of the molecule is CCOC(=O)C1(C(=O)OCC)[C@@H]([C@@H]([Se]c2ccccc2)[Si](C)(C)C)[C@H]1C(=O)O[C@@H]1C[C@H](C)CC[C@H]1C(C)C. The predicted octanol–water partition coefficient (Wildman–Crippen LogP) is 5.04. The molecule has 0 N–H and O–H groups in total. The molecule has 2 aliphatic carbocycles. The Labute approximate surface area is 236 Å². The zero-order valence-electron chi connectivity index (χ0n) is 24.3. The van der Waals surface area contributed by atoms with Gasteiger partial charge < -0.3 is 0 Å². The molecule has 212 valence electrons. The molecule has 3 rings (SSSR count). The second-order valence-corrected chi connectivity index (χ2v) is 21.2. The van der Waals surface area contributed by atoms with E-state index in [2.05, 4.69) is 52.5 Å². The van der Waals surface area contributed by atoms with E-state index in [1.165, 1.54) is 4.46 Å². The van der Waals surface area contributed by atoms with E-state index in [4.69, 9.17) is 14.2 Å². The van der Waals surface area contributed by atoms with E-state index in [9.17, 15) is 14.4 Å². The summed E-state index contributed by atoms with van der Waals surface area (Å²) in [6.45, 7) is 17.0. The van der Waals surface area contributed by atoms with Gasteiger partial charge in [-0.3, -0.25) is 0 Å². The molecule has 0 unspecified atom stereocenters. The summed E-state index contributed by atoms with van der Waals surface area (Å²) < 4.78 is 18.5. The first kappa shape index (κ1) is 30.9. The normalized spacial score (nSPS) is 27.3. The van der Waals surface area contributed by atoms with E-state index in [-0.39, 0.29) is 44.6 Å². The molecule has 0 heterocycles. The van der Waals surface area contributed by atoms with Crippen molar-refractivity contribution >= 4 is 45.4 Å². The summed E-state index contributed by atoms with van der Waals surface area (Å²) in [5.74, 6) is -1.97. The van der Waals surface area contributed by atoms with Crippen LogP contribution in [0, 0.1) is 35.0 Å². The molecule has 0 radical (unpaired) electrons. The Kier molecular flexibility index (Phi) is 10.3. The van der Waals surface area contributed by atoms with Gasteiger partial charge in [0.1, 0.15) is 0 Å². The molecule has 6 atom stereocenters. The Hall–Kier alpha value is -1.63. The monoisotopic (exact) mass is 610 g/mol. The van der Waals surface area contributed by atoms with Crippen molar-refractivity contribution in [2.24, 2.45) is 35.0 Å². The van der Waals surface area contributed by atoms with Gasteiger partial charge in [0.25, 0.3) is 0 Å². The van der Waals surface area contributed by atoms with Crippen molar-refractivity contribution in [3.05, 3.63) is 30.3 Å². The van der Waals surface area contributed by atoms with Gasteiger partial charge in [0, 0.05) is 0 Å². The number of hydrogen-bond donors (Lipinski definition) is 0. The summed E-state index contributed by atoms with van der Waals surface area (Å²) in [7, 11) is -1.97. The van der Waals surface area contributed by atoms with E-state index in [0.29, 0.717) is 11.8 Å². The first-order valence-corrected chi connectivity index (χ1v) is 19.6. The predicted molar refractivity (Wildman–Crippen MR) is 153 cm³/mol. The molecule has 0 spiro atoms. The van der Waals surface area contributed by atoms with E-state index in [1.54, 1.807) is 13.8 Å². The second-order valence-electron chi connectivity index (χ2n) is 12.3. The van der Waals surface area contributed by atoms with Crippen LogP contribution in [0.15, 0.2) is 30.3 Å². The van der Waals surface area contributed by atoms with Gasteiger partial charge in [0.2, 0.25) is 0 Å². The van der Waals surface area contributed by atoms with Crippen LogP contribution in [0.3, 0.4) is 0 Å². The van der Waals surface area contributed by atoms with E-state index >= 15 is 0 Å². The number of carbonyl (C=O) groups is 3. The third-order valence-electron chi connectivity index (χ3n) is 8.16. The number of esters is 3. The molecular weight excluding hydrogens is 563 g/mol. The standard InChI is InChI=1S/C30H46O6SeSi/c1-9-34-28(32)30(29(33)35-10-2)24(26(31)36-23-18-20(5)16-17-22(23)19(3)4)25(30)27(38(6,7)8)37-21-14-12-11-13-15-21/h11-15,19-20,22-25,27H,9-10,16-18H2,1-8H3/t20-,22+,23-,24+,25-,27+/m1/s1. The van der Waals surface area contributed by atoms with Crippen LogP contribution >= 0.6 is 0 Å². The Morgan fingerprint density at radius 2 is 1.58 bits per heavy atom. The summed E-state index contributed by atoms with van der Waals surface area (Å²) in [5.41, 5.74) is -1.64. The molecule has 0 saturated heterocycles. The molecule has 6 nitrogen and oxygen atoms in total. The third-order valence-corrected chi connectivity index (χ3v) is 17.6. The van der Waals surface area contributed by atoms with Crippen molar-refractivity contribution in [1.29, 1.82) is 0 Å². The summed E-state index contributed by atoms with van der Waals surface area (Å²) >= 11 is -0.0461. The van der Waals surface area contributed by atoms with Crippen LogP contribution in [0.1, 0.15) is 53.9 Å². The van der Waals surface area contributed by atoms with E-state index < -0.39 is 43.2 Å². The molecule has 2 fully saturated rings. The van der Waals surface area contributed by atoms with Gasteiger partial charge in [0.15, 0.2) is 0 Å². The van der Waals surface area contributed by atoms with Gasteiger partial charge in [-0.2, -0.15) is 0 Å². The topological polar surface area (TPSA) is 78.9 Å². The van der Waals surface area contributed by atoms with E-state index in [1.807, 2.05) is 18.2 Å². The summed E-state index contributed by atoms with van der Waals surface area (Å²) in [4.78, 5) is 41.4. The molecule has 0 aliphatic heterocycles. The van der Waals surface area contributed by atoms with Crippen LogP contribution in [0.5, 0.6) is 0 Å². The van der Waals surface area contributed by atoms with E-state index in [0.717, 1.165) is 19.3 Å². The quantitative estimate of drug-likeness (QED) is 0.151. The van der Waals surface area contributed by atoms with Gasteiger partial charge >= 0.3 is 237 Å². The molecular formula is C30H46O6SeSi. The van der Waals surface area contributed by atoms with Crippen LogP contribution < -0.4 is 4.46 Å². The molecule has 0 aromatic heterocycles. The first-order chi connectivity index (χ1) is 17.9. The van der Waals surface area contributed by atoms with Gasteiger partial charge in [0.05, 0.1) is 0 Å². The van der Waals surface area contributed by atoms with Crippen molar-refractivity contribution in [2.75, 3.05) is 13.2 Å². The fourth-order valence-electron chi connectivity index (χ4n) is 6.18. The molecule has 0 amide bonds. The van der Waals surface area contributed by atoms with Gasteiger partial charge in [-0.25, -0.2) is 0 Å². The molecule has 2 saturated carbocycles. The summed E-state index contributed by atoms with van der Waals surface area (Å²) in [6.07, 6.45) is 2.74. The zero-order valence-corrected chi connectivity index (χ0v) is 27.0. The number of hydrogen-bond acceptors (Lipinski definition) is 6. The van der Waals surface area contributed by atoms with Gasteiger partial charge in [-0.05, 0) is 0 Å². The summed E-state index contributed by atoms with van der Waals surface area (Å²) in [6, 6.07) is 10.2. The number of benzene rings is 1. The molecule has 1 aromatic rings. The maximum atomic E-state index is 14.1. The number of rotatable bonds is 11. The van der Waals surface area contributed by atoms with Crippen LogP contribution in [-0.2, 0) is 28.6 Å². The molecule has 8 heteroatoms. The molecule has 38 heavy (non-hydrogen) atoms. The number of carbonyl (C=O) groups excluding carboxylic acids is 3. The average Bonchev–Trinajstić information content (AvgIpc) is 3.53. The Morgan fingerprint density at radius 1 is 1.00 bits per heavy atom. The van der Waals surface area contributed by atoms with Crippen molar-refractivity contribution in [3.8, 4) is 0 Å². The zero-order chi connectivity index (χ0) is 28.3. The average molecular weight is 610 g/mol. The van der Waals surface area contributed by atoms with Crippen molar-refractivity contribution in [2.45, 2.75) is 84.1 Å². The Morgan fingerprint density at radius 3 is 2.08 bits per heavy atom. The van der Waals surface area contributed by atoms with Crippen LogP contribution in [0.2, 0.25) is 24.1 Å². The van der Waals surface area contributed by atoms with Crippen molar-refractivity contribution in [1.82, 2.24) is 0 Å². The Balaban J connectivity index is 2.05. The summed E-state index contributed by atoms with van der Waals surface area (Å²) in [5, 5.41) is 0. The molecule has 1 aromatic carbocycles. The fourth-order valence-corrected chi connectivity index (χ4v) is 13.4. The minimum atomic E-state index is -1.97. The molecule has 0 bridgehead atoms. The van der Waals surface area contributed by atoms with Gasteiger partial charge in [-0.15, -0.1) is 0 Å². The minimum absolute atomic E-state index is 0.0370. The Bertz CT molecular complexity index is 957. The van der Waals surface area contributed by atoms with Crippen LogP contribution in [0.4, 0.5) is 0 Å². The van der Waals surface area contributed by atoms with Crippen molar-refractivity contribution < 1.29 is 28.6 Å².